The molecule has 0 aliphatic rings. The topological polar surface area (TPSA) is 25.2 Å². The van der Waals surface area contributed by atoms with Crippen LogP contribution in [0.3, 0.4) is 0 Å². The Balaban J connectivity index is 1.96. The highest BCUT2D eigenvalue weighted by molar-refractivity contribution is 7.99. The van der Waals surface area contributed by atoms with Gasteiger partial charge in [-0.3, -0.25) is 0 Å². The Morgan fingerprint density at radius 3 is 3.17 bits per heavy atom. The van der Waals surface area contributed by atoms with Gasteiger partial charge in [-0.15, -0.1) is 0 Å². The molecule has 0 unspecified atom stereocenters. The Kier molecular flexibility index (Phi) is 4.95. The molecule has 0 saturated carbocycles. The second kappa shape index (κ2) is 6.14. The van der Waals surface area contributed by atoms with Gasteiger partial charge in [-0.25, -0.2) is 0 Å². The third kappa shape index (κ3) is 3.83. The number of rotatable bonds is 6. The summed E-state index contributed by atoms with van der Waals surface area (Å²) in [6.45, 7) is 4.17. The van der Waals surface area contributed by atoms with Gasteiger partial charge in [0.15, 0.2) is 0 Å². The molecule has 0 saturated heterocycles. The maximum absolute atomic E-state index is 4.95. The summed E-state index contributed by atoms with van der Waals surface area (Å²) >= 11 is 1.96. The molecule has 68 valence electrons. The van der Waals surface area contributed by atoms with E-state index >= 15 is 0 Å². The molecule has 2 nitrogen and oxygen atoms in total. The molecule has 0 aliphatic heterocycles. The SMILES string of the molecule is CCSCCNCc1ccoc1. The van der Waals surface area contributed by atoms with Gasteiger partial charge in [0.05, 0.1) is 12.5 Å². The van der Waals surface area contributed by atoms with Crippen LogP contribution in [0.4, 0.5) is 0 Å². The van der Waals surface area contributed by atoms with Gasteiger partial charge < -0.3 is 9.73 Å². The van der Waals surface area contributed by atoms with E-state index in [1.165, 1.54) is 17.1 Å². The molecule has 1 aromatic rings. The second-order valence-corrected chi connectivity index (χ2v) is 3.90. The fourth-order valence-corrected chi connectivity index (χ4v) is 1.49. The molecule has 1 rings (SSSR count). The van der Waals surface area contributed by atoms with Crippen molar-refractivity contribution in [1.82, 2.24) is 5.32 Å². The van der Waals surface area contributed by atoms with Gasteiger partial charge in [0, 0.05) is 24.4 Å². The van der Waals surface area contributed by atoms with Crippen LogP contribution in [0.1, 0.15) is 12.5 Å². The van der Waals surface area contributed by atoms with Crippen LogP contribution < -0.4 is 5.32 Å². The molecule has 0 bridgehead atoms. The Hall–Kier alpha value is -0.410. The lowest BCUT2D eigenvalue weighted by Gasteiger charge is -2.00. The molecule has 3 heteroatoms. The van der Waals surface area contributed by atoms with Gasteiger partial charge in [-0.1, -0.05) is 6.92 Å². The van der Waals surface area contributed by atoms with Crippen LogP contribution in [0.15, 0.2) is 23.0 Å². The van der Waals surface area contributed by atoms with Gasteiger partial charge in [-0.2, -0.15) is 11.8 Å². The smallest absolute Gasteiger partial charge is 0.0947 e. The number of furan rings is 1. The van der Waals surface area contributed by atoms with Crippen LogP contribution in [0, 0.1) is 0 Å². The van der Waals surface area contributed by atoms with Crippen molar-refractivity contribution in [3.63, 3.8) is 0 Å². The first-order valence-corrected chi connectivity index (χ1v) is 5.38. The number of thioether (sulfide) groups is 1. The average molecular weight is 185 g/mol. The lowest BCUT2D eigenvalue weighted by Crippen LogP contribution is -2.16. The van der Waals surface area contributed by atoms with E-state index in [4.69, 9.17) is 4.42 Å². The quantitative estimate of drug-likeness (QED) is 0.687. The molecule has 12 heavy (non-hydrogen) atoms. The van der Waals surface area contributed by atoms with E-state index in [1.54, 1.807) is 12.5 Å². The second-order valence-electron chi connectivity index (χ2n) is 2.51. The van der Waals surface area contributed by atoms with E-state index in [-0.39, 0.29) is 0 Å². The van der Waals surface area contributed by atoms with Crippen molar-refractivity contribution in [3.8, 4) is 0 Å². The van der Waals surface area contributed by atoms with Crippen LogP contribution >= 0.6 is 11.8 Å². The van der Waals surface area contributed by atoms with Crippen LogP contribution in [0.25, 0.3) is 0 Å². The summed E-state index contributed by atoms with van der Waals surface area (Å²) in [5, 5.41) is 3.34. The molecule has 1 heterocycles. The third-order valence-corrected chi connectivity index (χ3v) is 2.44. The molecule has 0 aromatic carbocycles. The van der Waals surface area contributed by atoms with E-state index in [9.17, 15) is 0 Å². The van der Waals surface area contributed by atoms with Crippen molar-refractivity contribution in [3.05, 3.63) is 24.2 Å². The molecule has 0 amide bonds. The summed E-state index contributed by atoms with van der Waals surface area (Å²) in [7, 11) is 0. The van der Waals surface area contributed by atoms with Crippen molar-refractivity contribution < 1.29 is 4.42 Å². The van der Waals surface area contributed by atoms with Crippen molar-refractivity contribution in [2.45, 2.75) is 13.5 Å². The van der Waals surface area contributed by atoms with Gasteiger partial charge in [0.25, 0.3) is 0 Å². The van der Waals surface area contributed by atoms with Crippen LogP contribution in [-0.4, -0.2) is 18.1 Å². The van der Waals surface area contributed by atoms with Crippen molar-refractivity contribution >= 4 is 11.8 Å². The summed E-state index contributed by atoms with van der Waals surface area (Å²) in [5.74, 6) is 2.39. The zero-order valence-corrected chi connectivity index (χ0v) is 8.19. The highest BCUT2D eigenvalue weighted by atomic mass is 32.2. The summed E-state index contributed by atoms with van der Waals surface area (Å²) in [6, 6.07) is 1.99. The minimum Gasteiger partial charge on any atom is -0.472 e. The summed E-state index contributed by atoms with van der Waals surface area (Å²) in [5.41, 5.74) is 1.22. The fourth-order valence-electron chi connectivity index (χ4n) is 0.915. The molecule has 0 spiro atoms. The lowest BCUT2D eigenvalue weighted by molar-refractivity contribution is 0.561. The molecular formula is C9H15NOS. The Morgan fingerprint density at radius 2 is 2.50 bits per heavy atom. The molecule has 0 fully saturated rings. The maximum Gasteiger partial charge on any atom is 0.0947 e. The normalized spacial score (nSPS) is 10.4. The van der Waals surface area contributed by atoms with E-state index in [1.807, 2.05) is 17.8 Å². The largest absolute Gasteiger partial charge is 0.472 e. The molecule has 1 N–H and O–H groups in total. The van der Waals surface area contributed by atoms with Gasteiger partial charge in [0.2, 0.25) is 0 Å². The zero-order valence-electron chi connectivity index (χ0n) is 7.38. The highest BCUT2D eigenvalue weighted by Gasteiger charge is 1.92. The van der Waals surface area contributed by atoms with Gasteiger partial charge >= 0.3 is 0 Å². The first-order valence-electron chi connectivity index (χ1n) is 4.23. The number of hydrogen-bond donors (Lipinski definition) is 1. The minimum atomic E-state index is 0.917. The molecule has 0 atom stereocenters. The van der Waals surface area contributed by atoms with E-state index in [0.717, 1.165) is 13.1 Å². The monoisotopic (exact) mass is 185 g/mol. The van der Waals surface area contributed by atoms with Crippen molar-refractivity contribution in [2.24, 2.45) is 0 Å². The van der Waals surface area contributed by atoms with E-state index in [0.29, 0.717) is 0 Å². The Labute approximate surface area is 77.7 Å². The fraction of sp³-hybridized carbons (Fsp3) is 0.556. The number of hydrogen-bond acceptors (Lipinski definition) is 3. The summed E-state index contributed by atoms with van der Waals surface area (Å²) in [6.07, 6.45) is 3.48. The van der Waals surface area contributed by atoms with Crippen molar-refractivity contribution in [1.29, 1.82) is 0 Å². The highest BCUT2D eigenvalue weighted by Crippen LogP contribution is 1.99. The first-order chi connectivity index (χ1) is 5.93. The predicted molar refractivity (Wildman–Crippen MR) is 53.4 cm³/mol. The van der Waals surface area contributed by atoms with Gasteiger partial charge in [-0.05, 0) is 11.8 Å². The predicted octanol–water partition coefficient (Wildman–Crippen LogP) is 2.12. The molecule has 1 aromatic heterocycles. The molecular weight excluding hydrogens is 170 g/mol. The third-order valence-electron chi connectivity index (χ3n) is 1.54. The lowest BCUT2D eigenvalue weighted by atomic mass is 10.3. The molecule has 0 radical (unpaired) electrons. The number of nitrogens with one attached hydrogen (secondary N) is 1. The zero-order chi connectivity index (χ0) is 8.65. The standard InChI is InChI=1S/C9H15NOS/c1-2-12-6-4-10-7-9-3-5-11-8-9/h3,5,8,10H,2,4,6-7H2,1H3. The maximum atomic E-state index is 4.95. The van der Waals surface area contributed by atoms with Crippen LogP contribution in [0.5, 0.6) is 0 Å². The Morgan fingerprint density at radius 1 is 1.58 bits per heavy atom. The van der Waals surface area contributed by atoms with E-state index < -0.39 is 0 Å². The van der Waals surface area contributed by atoms with Crippen LogP contribution in [-0.2, 0) is 6.54 Å². The molecule has 0 aliphatic carbocycles. The van der Waals surface area contributed by atoms with E-state index in [2.05, 4.69) is 12.2 Å². The summed E-state index contributed by atoms with van der Waals surface area (Å²) < 4.78 is 4.95. The van der Waals surface area contributed by atoms with Crippen molar-refractivity contribution in [2.75, 3.05) is 18.1 Å². The minimum absolute atomic E-state index is 0.917. The summed E-state index contributed by atoms with van der Waals surface area (Å²) in [4.78, 5) is 0. The van der Waals surface area contributed by atoms with Crippen LogP contribution in [0.2, 0.25) is 0 Å². The first kappa shape index (κ1) is 9.68. The van der Waals surface area contributed by atoms with Gasteiger partial charge in [0.1, 0.15) is 0 Å². The average Bonchev–Trinajstić information content (AvgIpc) is 2.57. The Bertz CT molecular complexity index is 186.